The summed E-state index contributed by atoms with van der Waals surface area (Å²) < 4.78 is 13.3. The summed E-state index contributed by atoms with van der Waals surface area (Å²) in [6, 6.07) is 7.86. The Morgan fingerprint density at radius 3 is 2.44 bits per heavy atom. The van der Waals surface area contributed by atoms with Crippen LogP contribution in [0.1, 0.15) is 53.5 Å². The molecule has 3 aliphatic heterocycles. The number of ether oxygens (including phenoxy) is 2. The number of likely N-dealkylation sites (tertiary alicyclic amines) is 2. The van der Waals surface area contributed by atoms with Gasteiger partial charge in [0.15, 0.2) is 5.69 Å². The van der Waals surface area contributed by atoms with E-state index >= 15 is 0 Å². The zero-order valence-electron chi connectivity index (χ0n) is 18.5. The maximum Gasteiger partial charge on any atom is 0.274 e. The number of carbonyl (C=O) groups is 2. The molecular formula is C24H30N4O4. The molecule has 8 heteroatoms. The summed E-state index contributed by atoms with van der Waals surface area (Å²) in [5.74, 6) is 1.07. The van der Waals surface area contributed by atoms with E-state index in [1.807, 2.05) is 38.6 Å². The lowest BCUT2D eigenvalue weighted by molar-refractivity contribution is -0.135. The third-order valence-electron chi connectivity index (χ3n) is 6.97. The highest BCUT2D eigenvalue weighted by Crippen LogP contribution is 2.30. The van der Waals surface area contributed by atoms with Crippen LogP contribution in [-0.2, 0) is 22.7 Å². The van der Waals surface area contributed by atoms with Crippen LogP contribution in [0.2, 0.25) is 0 Å². The molecule has 0 saturated carbocycles. The largest absolute Gasteiger partial charge is 0.497 e. The van der Waals surface area contributed by atoms with Gasteiger partial charge in [-0.25, -0.2) is 4.98 Å². The number of aromatic nitrogens is 2. The van der Waals surface area contributed by atoms with Crippen molar-refractivity contribution in [1.82, 2.24) is 19.4 Å². The lowest BCUT2D eigenvalue weighted by Crippen LogP contribution is -2.44. The van der Waals surface area contributed by atoms with Crippen molar-refractivity contribution >= 4 is 11.8 Å². The second-order valence-electron chi connectivity index (χ2n) is 8.86. The Hall–Kier alpha value is -2.87. The summed E-state index contributed by atoms with van der Waals surface area (Å²) in [5, 5.41) is 0. The third-order valence-corrected chi connectivity index (χ3v) is 6.97. The molecule has 5 rings (SSSR count). The predicted octanol–water partition coefficient (Wildman–Crippen LogP) is 2.64. The van der Waals surface area contributed by atoms with E-state index in [2.05, 4.69) is 4.98 Å². The first-order chi connectivity index (χ1) is 15.6. The molecule has 0 spiro atoms. The van der Waals surface area contributed by atoms with Gasteiger partial charge in [-0.15, -0.1) is 0 Å². The van der Waals surface area contributed by atoms with E-state index in [1.165, 1.54) is 0 Å². The van der Waals surface area contributed by atoms with Crippen molar-refractivity contribution in [2.45, 2.75) is 44.9 Å². The molecule has 1 atom stereocenters. The van der Waals surface area contributed by atoms with E-state index < -0.39 is 0 Å². The molecule has 2 aromatic rings. The SMILES string of the molecule is COc1ccc(C2Cn3cnc(C(=O)N4CCC(C(=O)N5CCCC5)CC4)c3CO2)cc1. The number of nitrogens with zero attached hydrogens (tertiary/aromatic N) is 4. The summed E-state index contributed by atoms with van der Waals surface area (Å²) in [4.78, 5) is 34.1. The number of imidazole rings is 1. The topological polar surface area (TPSA) is 76.9 Å². The highest BCUT2D eigenvalue weighted by Gasteiger charge is 2.34. The third kappa shape index (κ3) is 3.99. The van der Waals surface area contributed by atoms with Crippen LogP contribution in [-0.4, -0.2) is 64.5 Å². The first-order valence-corrected chi connectivity index (χ1v) is 11.5. The Kier molecular flexibility index (Phi) is 5.87. The minimum atomic E-state index is -0.0853. The fourth-order valence-electron chi connectivity index (χ4n) is 5.00. The predicted molar refractivity (Wildman–Crippen MR) is 117 cm³/mol. The van der Waals surface area contributed by atoms with Gasteiger partial charge in [0.25, 0.3) is 5.91 Å². The van der Waals surface area contributed by atoms with Crippen LogP contribution in [0.25, 0.3) is 0 Å². The molecule has 1 aromatic heterocycles. The number of methoxy groups -OCH3 is 1. The zero-order chi connectivity index (χ0) is 22.1. The molecule has 0 N–H and O–H groups in total. The molecule has 4 heterocycles. The molecule has 3 aliphatic rings. The van der Waals surface area contributed by atoms with Crippen LogP contribution < -0.4 is 4.74 Å². The normalized spacial score (nSPS) is 21.5. The van der Waals surface area contributed by atoms with Crippen LogP contribution in [0.15, 0.2) is 30.6 Å². The van der Waals surface area contributed by atoms with E-state index in [9.17, 15) is 9.59 Å². The molecule has 2 saturated heterocycles. The fourth-order valence-corrected chi connectivity index (χ4v) is 5.00. The van der Waals surface area contributed by atoms with Gasteiger partial charge in [-0.1, -0.05) is 12.1 Å². The molecule has 0 radical (unpaired) electrons. The van der Waals surface area contributed by atoms with Crippen LogP contribution in [0.3, 0.4) is 0 Å². The van der Waals surface area contributed by atoms with Gasteiger partial charge >= 0.3 is 0 Å². The average Bonchev–Trinajstić information content (AvgIpc) is 3.53. The van der Waals surface area contributed by atoms with Crippen molar-refractivity contribution < 1.29 is 19.1 Å². The van der Waals surface area contributed by atoms with E-state index in [-0.39, 0.29) is 23.8 Å². The van der Waals surface area contributed by atoms with Crippen molar-refractivity contribution in [1.29, 1.82) is 0 Å². The van der Waals surface area contributed by atoms with Crippen molar-refractivity contribution in [2.75, 3.05) is 33.3 Å². The number of hydrogen-bond acceptors (Lipinski definition) is 5. The molecular weight excluding hydrogens is 408 g/mol. The molecule has 32 heavy (non-hydrogen) atoms. The van der Waals surface area contributed by atoms with Crippen molar-refractivity contribution in [3.8, 4) is 5.75 Å². The molecule has 1 aromatic carbocycles. The van der Waals surface area contributed by atoms with Gasteiger partial charge in [0.2, 0.25) is 5.91 Å². The number of benzene rings is 1. The van der Waals surface area contributed by atoms with Gasteiger partial charge in [-0.05, 0) is 43.4 Å². The standard InChI is InChI=1S/C24H30N4O4/c1-31-19-6-4-17(5-7-19)21-14-28-16-25-22(20(28)15-32-21)24(30)27-12-8-18(9-13-27)23(29)26-10-2-3-11-26/h4-7,16,18,21H,2-3,8-15H2,1H3. The Balaban J connectivity index is 1.21. The van der Waals surface area contributed by atoms with E-state index in [0.717, 1.165) is 55.8 Å². The molecule has 1 unspecified atom stereocenters. The fraction of sp³-hybridized carbons (Fsp3) is 0.542. The number of rotatable bonds is 4. The van der Waals surface area contributed by atoms with Gasteiger partial charge in [-0.3, -0.25) is 9.59 Å². The zero-order valence-corrected chi connectivity index (χ0v) is 18.5. The Bertz CT molecular complexity index is 972. The quantitative estimate of drug-likeness (QED) is 0.734. The van der Waals surface area contributed by atoms with E-state index in [1.54, 1.807) is 13.4 Å². The monoisotopic (exact) mass is 438 g/mol. The molecule has 8 nitrogen and oxygen atoms in total. The Labute approximate surface area is 188 Å². The summed E-state index contributed by atoms with van der Waals surface area (Å²) in [5.41, 5.74) is 2.38. The maximum absolute atomic E-state index is 13.2. The summed E-state index contributed by atoms with van der Waals surface area (Å²) in [6.45, 7) is 3.94. The summed E-state index contributed by atoms with van der Waals surface area (Å²) in [6.07, 6.45) is 5.33. The number of fused-ring (bicyclic) bond motifs is 1. The van der Waals surface area contributed by atoms with Crippen molar-refractivity contribution in [2.24, 2.45) is 5.92 Å². The number of hydrogen-bond donors (Lipinski definition) is 0. The van der Waals surface area contributed by atoms with Crippen molar-refractivity contribution in [3.63, 3.8) is 0 Å². The van der Waals surface area contributed by atoms with Gasteiger partial charge in [-0.2, -0.15) is 0 Å². The van der Waals surface area contributed by atoms with Gasteiger partial charge in [0.05, 0.1) is 32.3 Å². The second-order valence-corrected chi connectivity index (χ2v) is 8.86. The smallest absolute Gasteiger partial charge is 0.274 e. The molecule has 170 valence electrons. The minimum absolute atomic E-state index is 0.0432. The summed E-state index contributed by atoms with van der Waals surface area (Å²) >= 11 is 0. The summed E-state index contributed by atoms with van der Waals surface area (Å²) in [7, 11) is 1.65. The van der Waals surface area contributed by atoms with E-state index in [0.29, 0.717) is 31.9 Å². The van der Waals surface area contributed by atoms with Gasteiger partial charge < -0.3 is 23.8 Å². The second kappa shape index (κ2) is 8.94. The lowest BCUT2D eigenvalue weighted by atomic mass is 9.95. The average molecular weight is 439 g/mol. The molecule has 2 amide bonds. The van der Waals surface area contributed by atoms with Gasteiger partial charge in [0, 0.05) is 32.1 Å². The lowest BCUT2D eigenvalue weighted by Gasteiger charge is -2.33. The van der Waals surface area contributed by atoms with Crippen LogP contribution in [0, 0.1) is 5.92 Å². The maximum atomic E-state index is 13.2. The minimum Gasteiger partial charge on any atom is -0.497 e. The van der Waals surface area contributed by atoms with Gasteiger partial charge in [0.1, 0.15) is 11.9 Å². The van der Waals surface area contributed by atoms with Crippen molar-refractivity contribution in [3.05, 3.63) is 47.5 Å². The highest BCUT2D eigenvalue weighted by molar-refractivity contribution is 5.93. The number of carbonyl (C=O) groups excluding carboxylic acids is 2. The van der Waals surface area contributed by atoms with Crippen LogP contribution in [0.4, 0.5) is 0 Å². The number of amides is 2. The Morgan fingerprint density at radius 1 is 1.03 bits per heavy atom. The molecule has 0 aliphatic carbocycles. The Morgan fingerprint density at radius 2 is 1.75 bits per heavy atom. The molecule has 0 bridgehead atoms. The number of piperidine rings is 1. The first-order valence-electron chi connectivity index (χ1n) is 11.5. The molecule has 2 fully saturated rings. The van der Waals surface area contributed by atoms with Crippen LogP contribution in [0.5, 0.6) is 5.75 Å². The van der Waals surface area contributed by atoms with E-state index in [4.69, 9.17) is 9.47 Å². The van der Waals surface area contributed by atoms with Crippen LogP contribution >= 0.6 is 0 Å². The highest BCUT2D eigenvalue weighted by atomic mass is 16.5. The first kappa shape index (κ1) is 21.0.